The number of nitrogens with one attached hydrogen (secondary N) is 1. The number of H-pyrrole nitrogens is 1. The topological polar surface area (TPSA) is 97.5 Å². The Hall–Kier alpha value is -2.58. The Morgan fingerprint density at radius 1 is 1.33 bits per heavy atom. The van der Waals surface area contributed by atoms with Crippen LogP contribution in [-0.4, -0.2) is 22.1 Å². The summed E-state index contributed by atoms with van der Waals surface area (Å²) < 4.78 is 30.0. The van der Waals surface area contributed by atoms with Crippen molar-refractivity contribution in [3.05, 3.63) is 32.4 Å². The smallest absolute Gasteiger partial charge is 0.337 e. The molecule has 0 aromatic carbocycles. The van der Waals surface area contributed by atoms with Crippen LogP contribution in [0, 0.1) is 5.92 Å². The van der Waals surface area contributed by atoms with Crippen LogP contribution in [0.2, 0.25) is 0 Å². The lowest BCUT2D eigenvalue weighted by molar-refractivity contribution is 0.140. The molecule has 0 unspecified atom stereocenters. The Bertz CT molecular complexity index is 994. The van der Waals surface area contributed by atoms with Gasteiger partial charge < -0.3 is 9.25 Å². The van der Waals surface area contributed by atoms with E-state index < -0.39 is 17.6 Å². The molecule has 0 spiro atoms. The molecule has 164 valence electrons. The molecule has 2 heterocycles. The molecule has 0 atom stereocenters. The predicted molar refractivity (Wildman–Crippen MR) is 109 cm³/mol. The Kier molecular flexibility index (Phi) is 7.70. The van der Waals surface area contributed by atoms with Gasteiger partial charge in [0.25, 0.3) is 5.56 Å². The van der Waals surface area contributed by atoms with Gasteiger partial charge in [-0.05, 0) is 37.2 Å². The van der Waals surface area contributed by atoms with Crippen LogP contribution in [0.1, 0.15) is 70.3 Å². The first-order valence-electron chi connectivity index (χ1n) is 10.5. The van der Waals surface area contributed by atoms with E-state index in [1.165, 1.54) is 31.7 Å². The number of hydrogen-bond acceptors (Lipinski definition) is 6. The highest BCUT2D eigenvalue weighted by Gasteiger charge is 2.18. The van der Waals surface area contributed by atoms with Gasteiger partial charge in [0.15, 0.2) is 0 Å². The van der Waals surface area contributed by atoms with Crippen molar-refractivity contribution in [2.45, 2.75) is 77.6 Å². The summed E-state index contributed by atoms with van der Waals surface area (Å²) in [5.74, 6) is 0.613. The first kappa shape index (κ1) is 22.1. The molecule has 2 aromatic heterocycles. The van der Waals surface area contributed by atoms with Gasteiger partial charge in [-0.1, -0.05) is 44.2 Å². The minimum atomic E-state index is -2.43. The van der Waals surface area contributed by atoms with Crippen molar-refractivity contribution in [1.29, 1.82) is 0 Å². The molecule has 0 amide bonds. The number of nitrogens with zero attached hydrogens (tertiary/aromatic N) is 2. The van der Waals surface area contributed by atoms with Crippen molar-refractivity contribution in [3.63, 3.8) is 0 Å². The fraction of sp³-hybridized carbons (Fsp3) is 0.619. The maximum Gasteiger partial charge on any atom is 0.337 e. The Labute approximate surface area is 172 Å². The molecule has 1 aliphatic carbocycles. The van der Waals surface area contributed by atoms with Gasteiger partial charge in [0, 0.05) is 12.5 Å². The number of aromatic amines is 1. The van der Waals surface area contributed by atoms with E-state index in [0.717, 1.165) is 6.42 Å². The average Bonchev–Trinajstić information content (AvgIpc) is 3.21. The fourth-order valence-corrected chi connectivity index (χ4v) is 3.92. The predicted octanol–water partition coefficient (Wildman–Crippen LogP) is 4.58. The van der Waals surface area contributed by atoms with E-state index in [9.17, 15) is 18.4 Å². The fourth-order valence-electron chi connectivity index (χ4n) is 3.92. The molecule has 7 nitrogen and oxygen atoms in total. The van der Waals surface area contributed by atoms with E-state index in [0.29, 0.717) is 36.5 Å². The van der Waals surface area contributed by atoms with Crippen LogP contribution in [-0.2, 0) is 6.42 Å². The minimum Gasteiger partial charge on any atom is -0.403 e. The maximum atomic E-state index is 12.6. The molecule has 0 radical (unpaired) electrons. The molecule has 0 aliphatic heterocycles. The third kappa shape index (κ3) is 5.96. The average molecular weight is 423 g/mol. The van der Waals surface area contributed by atoms with E-state index in [2.05, 4.69) is 15.1 Å². The van der Waals surface area contributed by atoms with Crippen LogP contribution in [0.15, 0.2) is 25.2 Å². The number of aryl methyl sites for hydroxylation is 1. The Morgan fingerprint density at radius 2 is 2.10 bits per heavy atom. The molecule has 1 aliphatic rings. The molecule has 1 fully saturated rings. The van der Waals surface area contributed by atoms with Crippen molar-refractivity contribution in [2.75, 3.05) is 0 Å². The van der Waals surface area contributed by atoms with E-state index in [-0.39, 0.29) is 30.0 Å². The summed E-state index contributed by atoms with van der Waals surface area (Å²) in [6.07, 6.45) is 4.86. The highest BCUT2D eigenvalue weighted by molar-refractivity contribution is 5.84. The van der Waals surface area contributed by atoms with Crippen LogP contribution in [0.4, 0.5) is 8.78 Å². The van der Waals surface area contributed by atoms with Gasteiger partial charge in [-0.2, -0.15) is 4.98 Å². The molecule has 1 saturated carbocycles. The zero-order valence-corrected chi connectivity index (χ0v) is 17.1. The quantitative estimate of drug-likeness (QED) is 0.446. The second kappa shape index (κ2) is 10.4. The monoisotopic (exact) mass is 423 g/mol. The molecular weight excluding hydrogens is 396 g/mol. The molecule has 0 saturated heterocycles. The summed E-state index contributed by atoms with van der Waals surface area (Å²) in [4.78, 5) is 36.3. The van der Waals surface area contributed by atoms with Crippen molar-refractivity contribution in [1.82, 2.24) is 9.97 Å². The highest BCUT2D eigenvalue weighted by atomic mass is 19.3. The van der Waals surface area contributed by atoms with E-state index in [1.807, 2.05) is 6.92 Å². The van der Waals surface area contributed by atoms with E-state index in [1.54, 1.807) is 0 Å². The van der Waals surface area contributed by atoms with Gasteiger partial charge in [0.1, 0.15) is 5.39 Å². The third-order valence-electron chi connectivity index (χ3n) is 5.42. The van der Waals surface area contributed by atoms with Crippen LogP contribution >= 0.6 is 0 Å². The SMILES string of the molecule is CCC/C(CCC(F)F)=N/Oc1nc2oc(=O)cc(CCC3CCCC3)c2c(=O)[nH]1. The number of hydrogen-bond donors (Lipinski definition) is 1. The van der Waals surface area contributed by atoms with Gasteiger partial charge in [-0.25, -0.2) is 13.6 Å². The van der Waals surface area contributed by atoms with Crippen molar-refractivity contribution in [2.24, 2.45) is 11.1 Å². The summed E-state index contributed by atoms with van der Waals surface area (Å²) in [7, 11) is 0. The first-order chi connectivity index (χ1) is 14.5. The van der Waals surface area contributed by atoms with Gasteiger partial charge >= 0.3 is 11.6 Å². The summed E-state index contributed by atoms with van der Waals surface area (Å²) in [5.41, 5.74) is -0.115. The van der Waals surface area contributed by atoms with Gasteiger partial charge in [-0.3, -0.25) is 9.78 Å². The second-order valence-corrected chi connectivity index (χ2v) is 7.76. The maximum absolute atomic E-state index is 12.6. The van der Waals surface area contributed by atoms with E-state index in [4.69, 9.17) is 9.25 Å². The molecule has 30 heavy (non-hydrogen) atoms. The van der Waals surface area contributed by atoms with Crippen LogP contribution in [0.25, 0.3) is 11.1 Å². The van der Waals surface area contributed by atoms with Crippen LogP contribution in [0.5, 0.6) is 6.01 Å². The summed E-state index contributed by atoms with van der Waals surface area (Å²) in [6, 6.07) is 1.10. The second-order valence-electron chi connectivity index (χ2n) is 7.76. The summed E-state index contributed by atoms with van der Waals surface area (Å²) in [6.45, 7) is 1.90. The Balaban J connectivity index is 1.82. The number of halogens is 2. The number of aromatic nitrogens is 2. The molecule has 0 bridgehead atoms. The summed E-state index contributed by atoms with van der Waals surface area (Å²) in [5, 5.41) is 4.10. The number of rotatable bonds is 10. The highest BCUT2D eigenvalue weighted by Crippen LogP contribution is 2.29. The van der Waals surface area contributed by atoms with Crippen LogP contribution in [0.3, 0.4) is 0 Å². The van der Waals surface area contributed by atoms with E-state index >= 15 is 0 Å². The van der Waals surface area contributed by atoms with Gasteiger partial charge in [0.05, 0.1) is 5.71 Å². The summed E-state index contributed by atoms with van der Waals surface area (Å²) >= 11 is 0. The van der Waals surface area contributed by atoms with Crippen molar-refractivity contribution >= 4 is 16.8 Å². The first-order valence-corrected chi connectivity index (χ1v) is 10.5. The molecule has 1 N–H and O–H groups in total. The van der Waals surface area contributed by atoms with Crippen molar-refractivity contribution in [3.8, 4) is 6.01 Å². The van der Waals surface area contributed by atoms with Crippen LogP contribution < -0.4 is 16.0 Å². The standard InChI is InChI=1S/C21H27F2N3O4/c1-2-5-15(10-11-16(22)23)26-30-21-24-19(28)18-14(9-8-13-6-3-4-7-13)12-17(27)29-20(18)25-21/h12-13,16H,2-11H2,1H3,(H,24,25,28)/b26-15-. The number of fused-ring (bicyclic) bond motifs is 1. The lowest BCUT2D eigenvalue weighted by Crippen LogP contribution is -2.15. The molecule has 3 rings (SSSR count). The lowest BCUT2D eigenvalue weighted by atomic mass is 9.97. The van der Waals surface area contributed by atoms with Gasteiger partial charge in [-0.15, -0.1) is 0 Å². The molecular formula is C21H27F2N3O4. The normalized spacial score (nSPS) is 15.4. The van der Waals surface area contributed by atoms with Gasteiger partial charge in [0.2, 0.25) is 12.1 Å². The minimum absolute atomic E-state index is 0.0870. The number of oxime groups is 1. The lowest BCUT2D eigenvalue weighted by Gasteiger charge is -2.09. The molecule has 9 heteroatoms. The van der Waals surface area contributed by atoms with Crippen molar-refractivity contribution < 1.29 is 18.0 Å². The zero-order valence-electron chi connectivity index (χ0n) is 17.1. The largest absolute Gasteiger partial charge is 0.403 e. The molecule has 2 aromatic rings. The Morgan fingerprint density at radius 3 is 2.80 bits per heavy atom. The number of alkyl halides is 2. The third-order valence-corrected chi connectivity index (χ3v) is 5.42. The zero-order chi connectivity index (χ0) is 21.5.